The average molecular weight is 470 g/mol. The van der Waals surface area contributed by atoms with E-state index in [9.17, 15) is 30.8 Å². The third kappa shape index (κ3) is 6.22. The molecule has 0 aliphatic heterocycles. The maximum atomic E-state index is 13.2. The molecule has 3 aromatic carbocycles. The predicted octanol–water partition coefficient (Wildman–Crippen LogP) is 5.49. The van der Waals surface area contributed by atoms with Crippen LogP contribution < -0.4 is 10.0 Å². The fraction of sp³-hybridized carbons (Fsp3) is 0.0500. The highest BCUT2D eigenvalue weighted by Crippen LogP contribution is 2.38. The van der Waals surface area contributed by atoms with E-state index in [0.717, 1.165) is 6.07 Å². The van der Waals surface area contributed by atoms with Crippen LogP contribution in [-0.2, 0) is 10.0 Å². The fourth-order valence-electron chi connectivity index (χ4n) is 2.55. The van der Waals surface area contributed by atoms with Crippen LogP contribution in [0.15, 0.2) is 82.6 Å². The van der Waals surface area contributed by atoms with Gasteiger partial charge in [0.25, 0.3) is 15.9 Å². The van der Waals surface area contributed by atoms with Crippen molar-refractivity contribution in [2.24, 2.45) is 0 Å². The molecule has 0 bridgehead atoms. The monoisotopic (exact) mass is 470 g/mol. The number of carbonyl (C=O) groups excluding carboxylic acids is 1. The zero-order valence-electron chi connectivity index (χ0n) is 15.5. The van der Waals surface area contributed by atoms with Gasteiger partial charge in [-0.3, -0.25) is 9.52 Å². The van der Waals surface area contributed by atoms with E-state index in [0.29, 0.717) is 0 Å². The maximum absolute atomic E-state index is 13.2. The lowest BCUT2D eigenvalue weighted by atomic mass is 10.2. The van der Waals surface area contributed by atoms with Crippen molar-refractivity contribution in [3.8, 4) is 0 Å². The molecule has 0 saturated carbocycles. The Bertz CT molecular complexity index is 1200. The van der Waals surface area contributed by atoms with Gasteiger partial charge >= 0.3 is 5.51 Å². The van der Waals surface area contributed by atoms with Gasteiger partial charge in [0.05, 0.1) is 16.1 Å². The Morgan fingerprint density at radius 2 is 1.55 bits per heavy atom. The van der Waals surface area contributed by atoms with Gasteiger partial charge in [0.15, 0.2) is 0 Å². The van der Waals surface area contributed by atoms with Gasteiger partial charge in [0, 0.05) is 10.6 Å². The zero-order chi connectivity index (χ0) is 22.6. The van der Waals surface area contributed by atoms with Crippen molar-refractivity contribution in [3.63, 3.8) is 0 Å². The molecule has 3 aromatic rings. The number of anilines is 2. The quantitative estimate of drug-likeness (QED) is 0.369. The van der Waals surface area contributed by atoms with Crippen molar-refractivity contribution in [3.05, 3.63) is 84.2 Å². The number of alkyl halides is 3. The van der Waals surface area contributed by atoms with Crippen LogP contribution in [0.1, 0.15) is 10.4 Å². The first-order valence-electron chi connectivity index (χ1n) is 8.58. The topological polar surface area (TPSA) is 75.3 Å². The summed E-state index contributed by atoms with van der Waals surface area (Å²) in [5.74, 6) is -1.39. The smallest absolute Gasteiger partial charge is 0.322 e. The summed E-state index contributed by atoms with van der Waals surface area (Å²) < 4.78 is 78.4. The van der Waals surface area contributed by atoms with Crippen LogP contribution in [-0.4, -0.2) is 19.8 Å². The minimum atomic E-state index is -4.55. The van der Waals surface area contributed by atoms with E-state index in [2.05, 4.69) is 10.0 Å². The van der Waals surface area contributed by atoms with Crippen LogP contribution in [0.5, 0.6) is 0 Å². The lowest BCUT2D eigenvalue weighted by Gasteiger charge is -2.12. The average Bonchev–Trinajstić information content (AvgIpc) is 2.67. The highest BCUT2D eigenvalue weighted by Gasteiger charge is 2.31. The van der Waals surface area contributed by atoms with E-state index in [1.165, 1.54) is 66.7 Å². The summed E-state index contributed by atoms with van der Waals surface area (Å²) >= 11 is -0.401. The van der Waals surface area contributed by atoms with Crippen molar-refractivity contribution in [2.75, 3.05) is 10.0 Å². The third-order valence-corrected chi connectivity index (χ3v) is 6.06. The van der Waals surface area contributed by atoms with E-state index in [4.69, 9.17) is 0 Å². The largest absolute Gasteiger partial charge is 0.446 e. The van der Waals surface area contributed by atoms with E-state index in [1.807, 2.05) is 0 Å². The van der Waals surface area contributed by atoms with Crippen LogP contribution >= 0.6 is 11.8 Å². The molecule has 0 fully saturated rings. The standard InChI is InChI=1S/C20H14F4N2O3S2/c21-13-4-3-5-15(12-13)26-31(28,29)16-10-8-14(9-11-16)25-19(27)17-6-1-2-7-18(17)30-20(22,23)24/h1-12,26H,(H,25,27). The van der Waals surface area contributed by atoms with Gasteiger partial charge in [0.1, 0.15) is 5.82 Å². The van der Waals surface area contributed by atoms with Crippen LogP contribution in [0.3, 0.4) is 0 Å². The molecule has 0 aromatic heterocycles. The summed E-state index contributed by atoms with van der Waals surface area (Å²) in [7, 11) is -4.01. The molecule has 1 amide bonds. The Balaban J connectivity index is 1.75. The van der Waals surface area contributed by atoms with Crippen molar-refractivity contribution >= 4 is 39.1 Å². The molecule has 0 radical (unpaired) electrons. The summed E-state index contributed by atoms with van der Waals surface area (Å²) in [5.41, 5.74) is -4.51. The van der Waals surface area contributed by atoms with Gasteiger partial charge in [-0.25, -0.2) is 12.8 Å². The molecule has 0 saturated heterocycles. The molecule has 0 spiro atoms. The molecule has 31 heavy (non-hydrogen) atoms. The number of hydrogen-bond acceptors (Lipinski definition) is 4. The number of halogens is 4. The molecule has 0 heterocycles. The highest BCUT2D eigenvalue weighted by molar-refractivity contribution is 8.00. The van der Waals surface area contributed by atoms with E-state index in [-0.39, 0.29) is 26.7 Å². The first-order valence-corrected chi connectivity index (χ1v) is 10.9. The molecule has 0 unspecified atom stereocenters. The molecule has 3 rings (SSSR count). The molecule has 11 heteroatoms. The summed E-state index contributed by atoms with van der Waals surface area (Å²) in [5, 5.41) is 2.44. The van der Waals surface area contributed by atoms with Crippen molar-refractivity contribution in [1.82, 2.24) is 0 Å². The summed E-state index contributed by atoms with van der Waals surface area (Å²) in [4.78, 5) is 12.0. The van der Waals surface area contributed by atoms with Gasteiger partial charge in [-0.05, 0) is 66.4 Å². The van der Waals surface area contributed by atoms with Gasteiger partial charge < -0.3 is 5.32 Å². The van der Waals surface area contributed by atoms with Crippen molar-refractivity contribution in [1.29, 1.82) is 0 Å². The zero-order valence-corrected chi connectivity index (χ0v) is 17.1. The minimum absolute atomic E-state index is 0.0381. The molecule has 2 N–H and O–H groups in total. The van der Waals surface area contributed by atoms with Gasteiger partial charge in [0.2, 0.25) is 0 Å². The molecule has 0 atom stereocenters. The second-order valence-corrected chi connectivity index (χ2v) is 8.93. The summed E-state index contributed by atoms with van der Waals surface area (Å²) in [6, 6.07) is 15.1. The Morgan fingerprint density at radius 1 is 0.871 bits per heavy atom. The minimum Gasteiger partial charge on any atom is -0.322 e. The van der Waals surface area contributed by atoms with Crippen LogP contribution in [0.2, 0.25) is 0 Å². The SMILES string of the molecule is O=C(Nc1ccc(S(=O)(=O)Nc2cccc(F)c2)cc1)c1ccccc1SC(F)(F)F. The molecular formula is C20H14F4N2O3S2. The molecular weight excluding hydrogens is 456 g/mol. The number of sulfonamides is 1. The predicted molar refractivity (Wildman–Crippen MR) is 110 cm³/mol. The second kappa shape index (κ2) is 8.98. The normalized spacial score (nSPS) is 11.7. The van der Waals surface area contributed by atoms with E-state index < -0.39 is 39.0 Å². The second-order valence-electron chi connectivity index (χ2n) is 6.14. The van der Waals surface area contributed by atoms with Crippen LogP contribution in [0.4, 0.5) is 28.9 Å². The van der Waals surface area contributed by atoms with Crippen LogP contribution in [0, 0.1) is 5.82 Å². The van der Waals surface area contributed by atoms with Gasteiger partial charge in [-0.15, -0.1) is 0 Å². The van der Waals surface area contributed by atoms with E-state index in [1.54, 1.807) is 0 Å². The number of benzene rings is 3. The number of hydrogen-bond donors (Lipinski definition) is 2. The summed E-state index contributed by atoms with van der Waals surface area (Å²) in [6.07, 6.45) is 0. The molecule has 5 nitrogen and oxygen atoms in total. The van der Waals surface area contributed by atoms with Crippen LogP contribution in [0.25, 0.3) is 0 Å². The lowest BCUT2D eigenvalue weighted by molar-refractivity contribution is -0.0328. The van der Waals surface area contributed by atoms with Crippen molar-refractivity contribution < 1.29 is 30.8 Å². The number of rotatable bonds is 6. The Labute approximate surface area is 179 Å². The molecule has 0 aliphatic rings. The first-order chi connectivity index (χ1) is 14.5. The van der Waals surface area contributed by atoms with E-state index >= 15 is 0 Å². The number of thioether (sulfide) groups is 1. The Morgan fingerprint density at radius 3 is 2.19 bits per heavy atom. The van der Waals surface area contributed by atoms with Crippen molar-refractivity contribution in [2.45, 2.75) is 15.3 Å². The fourth-order valence-corrected chi connectivity index (χ4v) is 4.27. The van der Waals surface area contributed by atoms with Gasteiger partial charge in [-0.2, -0.15) is 13.2 Å². The third-order valence-electron chi connectivity index (χ3n) is 3.86. The number of nitrogens with one attached hydrogen (secondary N) is 2. The molecule has 162 valence electrons. The van der Waals surface area contributed by atoms with Gasteiger partial charge in [-0.1, -0.05) is 18.2 Å². The maximum Gasteiger partial charge on any atom is 0.446 e. The first kappa shape index (κ1) is 22.6. The Hall–Kier alpha value is -3.05. The number of amides is 1. The summed E-state index contributed by atoms with van der Waals surface area (Å²) in [6.45, 7) is 0. The highest BCUT2D eigenvalue weighted by atomic mass is 32.2. The Kier molecular flexibility index (Phi) is 6.56. The molecule has 0 aliphatic carbocycles. The number of carbonyl (C=O) groups is 1. The lowest BCUT2D eigenvalue weighted by Crippen LogP contribution is -2.15.